The smallest absolute Gasteiger partial charge is 0.418 e. The second-order valence-electron chi connectivity index (χ2n) is 5.34. The van der Waals surface area contributed by atoms with Crippen molar-refractivity contribution >= 4 is 6.09 Å². The van der Waals surface area contributed by atoms with E-state index in [-0.39, 0.29) is 12.0 Å². The van der Waals surface area contributed by atoms with Crippen LogP contribution in [-0.2, 0) is 4.74 Å². The molecular weight excluding hydrogens is 216 g/mol. The first-order valence-electron chi connectivity index (χ1n) is 5.73. The zero-order valence-corrected chi connectivity index (χ0v) is 10.4. The summed E-state index contributed by atoms with van der Waals surface area (Å²) in [4.78, 5) is 13.5. The van der Waals surface area contributed by atoms with Gasteiger partial charge in [0.15, 0.2) is 0 Å². The molecule has 0 aromatic heterocycles. The summed E-state index contributed by atoms with van der Waals surface area (Å²) in [5, 5.41) is 0. The number of hydrogen-bond donors (Lipinski definition) is 1. The predicted octanol–water partition coefficient (Wildman–Crippen LogP) is 2.50. The van der Waals surface area contributed by atoms with Gasteiger partial charge in [-0.3, -0.25) is 4.90 Å². The van der Waals surface area contributed by atoms with Crippen molar-refractivity contribution in [2.75, 3.05) is 0 Å². The summed E-state index contributed by atoms with van der Waals surface area (Å²) in [6.45, 7) is 5.57. The van der Waals surface area contributed by atoms with Gasteiger partial charge in [-0.1, -0.05) is 6.08 Å². The number of hydrogen-bond acceptors (Lipinski definition) is 3. The maximum absolute atomic E-state index is 12.0. The van der Waals surface area contributed by atoms with Crippen molar-refractivity contribution in [1.29, 1.82) is 0 Å². The summed E-state index contributed by atoms with van der Waals surface area (Å²) in [5.74, 6) is 0.201. The zero-order chi connectivity index (χ0) is 12.6. The van der Waals surface area contributed by atoms with Crippen LogP contribution in [0, 0.1) is 5.92 Å². The molecule has 0 bridgehead atoms. The van der Waals surface area contributed by atoms with Gasteiger partial charge in [-0.2, -0.15) is 0 Å². The standard InChI is InChI=1S/C13H18N2O2/c1-13(2,3)17-12(16)15-7-6-9-8-10(14)4-5-11(9)15/h4-7,9H,8,14H2,1-3H3. The van der Waals surface area contributed by atoms with Crippen molar-refractivity contribution in [2.24, 2.45) is 11.7 Å². The van der Waals surface area contributed by atoms with Gasteiger partial charge in [-0.15, -0.1) is 0 Å². The van der Waals surface area contributed by atoms with E-state index in [4.69, 9.17) is 10.5 Å². The Morgan fingerprint density at radius 3 is 2.82 bits per heavy atom. The number of ether oxygens (including phenoxy) is 1. The number of carbonyl (C=O) groups is 1. The van der Waals surface area contributed by atoms with Gasteiger partial charge >= 0.3 is 6.09 Å². The van der Waals surface area contributed by atoms with Crippen molar-refractivity contribution in [3.63, 3.8) is 0 Å². The molecule has 2 rings (SSSR count). The summed E-state index contributed by atoms with van der Waals surface area (Å²) >= 11 is 0. The quantitative estimate of drug-likeness (QED) is 0.700. The Hall–Kier alpha value is -1.71. The summed E-state index contributed by atoms with van der Waals surface area (Å²) in [5.41, 5.74) is 7.06. The highest BCUT2D eigenvalue weighted by molar-refractivity contribution is 5.73. The van der Waals surface area contributed by atoms with E-state index in [1.807, 2.05) is 39.0 Å². The lowest BCUT2D eigenvalue weighted by atomic mass is 9.96. The van der Waals surface area contributed by atoms with E-state index in [1.165, 1.54) is 0 Å². The Morgan fingerprint density at radius 1 is 1.47 bits per heavy atom. The van der Waals surface area contributed by atoms with Crippen LogP contribution >= 0.6 is 0 Å². The minimum Gasteiger partial charge on any atom is -0.443 e. The molecular formula is C13H18N2O2. The average Bonchev–Trinajstić information content (AvgIpc) is 2.57. The van der Waals surface area contributed by atoms with E-state index in [1.54, 1.807) is 11.1 Å². The Kier molecular flexibility index (Phi) is 2.73. The molecule has 17 heavy (non-hydrogen) atoms. The Bertz CT molecular complexity index is 427. The highest BCUT2D eigenvalue weighted by Crippen LogP contribution is 2.33. The van der Waals surface area contributed by atoms with Gasteiger partial charge in [0.05, 0.1) is 0 Å². The zero-order valence-electron chi connectivity index (χ0n) is 10.4. The fourth-order valence-electron chi connectivity index (χ4n) is 1.92. The van der Waals surface area contributed by atoms with Crippen molar-refractivity contribution in [3.05, 3.63) is 35.8 Å². The van der Waals surface area contributed by atoms with Crippen molar-refractivity contribution in [1.82, 2.24) is 4.90 Å². The van der Waals surface area contributed by atoms with Crippen LogP contribution in [0.2, 0.25) is 0 Å². The molecule has 0 aromatic rings. The van der Waals surface area contributed by atoms with Crippen LogP contribution in [0.15, 0.2) is 35.8 Å². The number of carbonyl (C=O) groups excluding carboxylic acids is 1. The summed E-state index contributed by atoms with van der Waals surface area (Å²) < 4.78 is 5.34. The SMILES string of the molecule is CC(C)(C)OC(=O)N1C=CC2CC(N)=CC=C21. The molecule has 0 fully saturated rings. The number of allylic oxidation sites excluding steroid dienone is 4. The van der Waals surface area contributed by atoms with Gasteiger partial charge in [-0.05, 0) is 39.3 Å². The maximum Gasteiger partial charge on any atom is 0.418 e. The average molecular weight is 234 g/mol. The Labute approximate surface area is 101 Å². The largest absolute Gasteiger partial charge is 0.443 e. The first kappa shape index (κ1) is 11.8. The molecule has 0 saturated heterocycles. The van der Waals surface area contributed by atoms with Crippen molar-refractivity contribution in [2.45, 2.75) is 32.8 Å². The topological polar surface area (TPSA) is 55.6 Å². The Morgan fingerprint density at radius 2 is 2.18 bits per heavy atom. The van der Waals surface area contributed by atoms with E-state index in [2.05, 4.69) is 0 Å². The van der Waals surface area contributed by atoms with E-state index >= 15 is 0 Å². The van der Waals surface area contributed by atoms with Gasteiger partial charge in [0.2, 0.25) is 0 Å². The molecule has 2 aliphatic rings. The van der Waals surface area contributed by atoms with Crippen molar-refractivity contribution in [3.8, 4) is 0 Å². The molecule has 1 amide bonds. The molecule has 1 heterocycles. The lowest BCUT2D eigenvalue weighted by Crippen LogP contribution is -2.33. The molecule has 0 aromatic carbocycles. The molecule has 1 unspecified atom stereocenters. The predicted molar refractivity (Wildman–Crippen MR) is 65.7 cm³/mol. The van der Waals surface area contributed by atoms with E-state index in [0.717, 1.165) is 17.8 Å². The molecule has 4 nitrogen and oxygen atoms in total. The van der Waals surface area contributed by atoms with E-state index in [9.17, 15) is 4.79 Å². The van der Waals surface area contributed by atoms with Gasteiger partial charge in [0.1, 0.15) is 5.60 Å². The number of nitrogens with two attached hydrogens (primary N) is 1. The first-order valence-corrected chi connectivity index (χ1v) is 5.73. The number of amides is 1. The molecule has 0 spiro atoms. The van der Waals surface area contributed by atoms with Crippen LogP contribution in [0.1, 0.15) is 27.2 Å². The number of rotatable bonds is 0. The molecule has 0 radical (unpaired) electrons. The third-order valence-electron chi connectivity index (χ3n) is 2.64. The van der Waals surface area contributed by atoms with Crippen LogP contribution in [-0.4, -0.2) is 16.6 Å². The molecule has 2 N–H and O–H groups in total. The number of nitrogens with zero attached hydrogens (tertiary/aromatic N) is 1. The molecule has 1 aliphatic carbocycles. The molecule has 92 valence electrons. The minimum absolute atomic E-state index is 0.201. The van der Waals surface area contributed by atoms with E-state index < -0.39 is 5.60 Å². The third kappa shape index (κ3) is 2.52. The highest BCUT2D eigenvalue weighted by Gasteiger charge is 2.31. The van der Waals surface area contributed by atoms with Crippen LogP contribution in [0.4, 0.5) is 4.79 Å². The van der Waals surface area contributed by atoms with E-state index in [0.29, 0.717) is 0 Å². The monoisotopic (exact) mass is 234 g/mol. The van der Waals surface area contributed by atoms with Crippen LogP contribution in [0.25, 0.3) is 0 Å². The maximum atomic E-state index is 12.0. The van der Waals surface area contributed by atoms with Gasteiger partial charge in [0.25, 0.3) is 0 Å². The Balaban J connectivity index is 2.14. The molecule has 4 heteroatoms. The summed E-state index contributed by atoms with van der Waals surface area (Å²) in [7, 11) is 0. The lowest BCUT2D eigenvalue weighted by molar-refractivity contribution is 0.0383. The fraction of sp³-hybridized carbons (Fsp3) is 0.462. The fourth-order valence-corrected chi connectivity index (χ4v) is 1.92. The molecule has 1 atom stereocenters. The summed E-state index contributed by atoms with van der Waals surface area (Å²) in [6, 6.07) is 0. The van der Waals surface area contributed by atoms with Crippen LogP contribution in [0.3, 0.4) is 0 Å². The second kappa shape index (κ2) is 3.95. The normalized spacial score (nSPS) is 23.0. The first-order chi connectivity index (χ1) is 7.87. The summed E-state index contributed by atoms with van der Waals surface area (Å²) in [6.07, 6.45) is 7.90. The van der Waals surface area contributed by atoms with Gasteiger partial charge in [-0.25, -0.2) is 4.79 Å². The highest BCUT2D eigenvalue weighted by atomic mass is 16.6. The number of fused-ring (bicyclic) bond motifs is 1. The third-order valence-corrected chi connectivity index (χ3v) is 2.64. The molecule has 1 aliphatic heterocycles. The van der Waals surface area contributed by atoms with Crippen molar-refractivity contribution < 1.29 is 9.53 Å². The molecule has 0 saturated carbocycles. The van der Waals surface area contributed by atoms with Gasteiger partial charge < -0.3 is 10.5 Å². The van der Waals surface area contributed by atoms with Crippen LogP contribution in [0.5, 0.6) is 0 Å². The lowest BCUT2D eigenvalue weighted by Gasteiger charge is -2.26. The van der Waals surface area contributed by atoms with Crippen LogP contribution < -0.4 is 5.73 Å². The van der Waals surface area contributed by atoms with Gasteiger partial charge in [0, 0.05) is 23.5 Å². The second-order valence-corrected chi connectivity index (χ2v) is 5.34. The minimum atomic E-state index is -0.479.